The Kier molecular flexibility index (Phi) is 5.39. The minimum absolute atomic E-state index is 0.116. The lowest BCUT2D eigenvalue weighted by atomic mass is 9.94. The molecule has 1 saturated carbocycles. The summed E-state index contributed by atoms with van der Waals surface area (Å²) in [5.74, 6) is 0.144. The minimum atomic E-state index is -0.704. The summed E-state index contributed by atoms with van der Waals surface area (Å²) >= 11 is 0. The van der Waals surface area contributed by atoms with Crippen molar-refractivity contribution in [3.05, 3.63) is 51.5 Å². The molecule has 10 heteroatoms. The maximum atomic E-state index is 13.2. The minimum Gasteiger partial charge on any atom is -0.490 e. The van der Waals surface area contributed by atoms with Crippen LogP contribution in [0.25, 0.3) is 0 Å². The van der Waals surface area contributed by atoms with Crippen molar-refractivity contribution in [3.8, 4) is 5.75 Å². The van der Waals surface area contributed by atoms with E-state index in [2.05, 4.69) is 15.4 Å². The number of allylic oxidation sites excluding steroid dienone is 1. The van der Waals surface area contributed by atoms with E-state index in [1.54, 1.807) is 13.0 Å². The third-order valence-electron chi connectivity index (χ3n) is 5.56. The zero-order chi connectivity index (χ0) is 21.3. The Balaban J connectivity index is 1.76. The highest BCUT2D eigenvalue weighted by atomic mass is 16.6. The lowest BCUT2D eigenvalue weighted by molar-refractivity contribution is -0.385. The summed E-state index contributed by atoms with van der Waals surface area (Å²) < 4.78 is 12.5. The number of methoxy groups -OCH3 is 1. The molecule has 1 atom stereocenters. The number of hydrogen-bond acceptors (Lipinski definition) is 8. The molecule has 0 bridgehead atoms. The SMILES string of the molecule is COc1ccc(C2C(C(=O)OC3CCCCC3)=C(C)Nc3ncnn32)cc1[N+](=O)[O-]. The quantitative estimate of drug-likeness (QED) is 0.450. The zero-order valence-corrected chi connectivity index (χ0v) is 16.8. The van der Waals surface area contributed by atoms with Crippen LogP contribution in [0.4, 0.5) is 11.6 Å². The Bertz CT molecular complexity index is 1010. The van der Waals surface area contributed by atoms with E-state index in [9.17, 15) is 14.9 Å². The summed E-state index contributed by atoms with van der Waals surface area (Å²) in [5.41, 5.74) is 1.27. The van der Waals surface area contributed by atoms with E-state index in [0.717, 1.165) is 32.1 Å². The predicted molar refractivity (Wildman–Crippen MR) is 107 cm³/mol. The van der Waals surface area contributed by atoms with Gasteiger partial charge in [0, 0.05) is 11.8 Å². The number of aromatic nitrogens is 3. The average Bonchev–Trinajstić information content (AvgIpc) is 3.20. The highest BCUT2D eigenvalue weighted by Gasteiger charge is 2.36. The van der Waals surface area contributed by atoms with Crippen molar-refractivity contribution in [1.82, 2.24) is 14.8 Å². The van der Waals surface area contributed by atoms with Gasteiger partial charge < -0.3 is 14.8 Å². The first-order valence-corrected chi connectivity index (χ1v) is 9.90. The lowest BCUT2D eigenvalue weighted by Crippen LogP contribution is -2.32. The van der Waals surface area contributed by atoms with Gasteiger partial charge in [-0.15, -0.1) is 0 Å². The van der Waals surface area contributed by atoms with Crippen molar-refractivity contribution in [2.75, 3.05) is 12.4 Å². The van der Waals surface area contributed by atoms with E-state index in [4.69, 9.17) is 9.47 Å². The molecule has 30 heavy (non-hydrogen) atoms. The van der Waals surface area contributed by atoms with Gasteiger partial charge in [0.25, 0.3) is 0 Å². The fraction of sp³-hybridized carbons (Fsp3) is 0.450. The van der Waals surface area contributed by atoms with E-state index < -0.39 is 16.9 Å². The summed E-state index contributed by atoms with van der Waals surface area (Å²) in [6.45, 7) is 1.76. The number of fused-ring (bicyclic) bond motifs is 1. The molecular formula is C20H23N5O5. The van der Waals surface area contributed by atoms with Crippen LogP contribution in [-0.4, -0.2) is 38.9 Å². The number of rotatable bonds is 5. The first kappa shape index (κ1) is 19.9. The van der Waals surface area contributed by atoms with Crippen molar-refractivity contribution in [1.29, 1.82) is 0 Å². The second-order valence-electron chi connectivity index (χ2n) is 7.45. The Morgan fingerprint density at radius 1 is 1.30 bits per heavy atom. The number of carbonyl (C=O) groups excluding carboxylic acids is 1. The molecule has 10 nitrogen and oxygen atoms in total. The van der Waals surface area contributed by atoms with Crippen LogP contribution in [0.2, 0.25) is 0 Å². The number of anilines is 1. The fourth-order valence-corrected chi connectivity index (χ4v) is 4.08. The number of nitrogens with one attached hydrogen (secondary N) is 1. The Morgan fingerprint density at radius 3 is 2.77 bits per heavy atom. The summed E-state index contributed by atoms with van der Waals surface area (Å²) in [6, 6.07) is 3.91. The number of nitro benzene ring substituents is 1. The molecule has 0 saturated heterocycles. The Labute approximate surface area is 173 Å². The molecule has 0 amide bonds. The molecule has 1 aliphatic heterocycles. The first-order chi connectivity index (χ1) is 14.5. The van der Waals surface area contributed by atoms with Crippen LogP contribution in [0.5, 0.6) is 5.75 Å². The van der Waals surface area contributed by atoms with Crippen LogP contribution in [0, 0.1) is 10.1 Å². The van der Waals surface area contributed by atoms with Gasteiger partial charge in [0.05, 0.1) is 17.6 Å². The van der Waals surface area contributed by atoms with Gasteiger partial charge in [-0.1, -0.05) is 12.5 Å². The van der Waals surface area contributed by atoms with E-state index >= 15 is 0 Å². The summed E-state index contributed by atoms with van der Waals surface area (Å²) in [7, 11) is 1.37. The van der Waals surface area contributed by atoms with Gasteiger partial charge in [0.2, 0.25) is 5.95 Å². The Morgan fingerprint density at radius 2 is 2.07 bits per heavy atom. The van der Waals surface area contributed by atoms with Gasteiger partial charge in [0.15, 0.2) is 5.75 Å². The number of esters is 1. The lowest BCUT2D eigenvalue weighted by Gasteiger charge is -2.30. The van der Waals surface area contributed by atoms with Crippen molar-refractivity contribution in [2.45, 2.75) is 51.2 Å². The predicted octanol–water partition coefficient (Wildman–Crippen LogP) is 3.36. The summed E-state index contributed by atoms with van der Waals surface area (Å²) in [4.78, 5) is 28.4. The van der Waals surface area contributed by atoms with Crippen molar-refractivity contribution >= 4 is 17.6 Å². The molecule has 2 heterocycles. The van der Waals surface area contributed by atoms with E-state index in [1.807, 2.05) is 0 Å². The number of ether oxygens (including phenoxy) is 2. The standard InChI is InChI=1S/C20H23N5O5/c1-12-17(19(26)30-14-6-4-3-5-7-14)18(24-20(23-12)21-11-22-24)13-8-9-16(29-2)15(10-13)25(27)28/h8-11,14,18H,3-7H2,1-2H3,(H,21,22,23). The largest absolute Gasteiger partial charge is 0.490 e. The van der Waals surface area contributed by atoms with E-state index in [1.165, 1.54) is 30.3 Å². The van der Waals surface area contributed by atoms with Crippen molar-refractivity contribution in [3.63, 3.8) is 0 Å². The average molecular weight is 413 g/mol. The molecule has 1 N–H and O–H groups in total. The zero-order valence-electron chi connectivity index (χ0n) is 16.8. The van der Waals surface area contributed by atoms with E-state index in [0.29, 0.717) is 22.8 Å². The molecule has 1 aliphatic carbocycles. The Hall–Kier alpha value is -3.43. The second kappa shape index (κ2) is 8.13. The molecule has 0 spiro atoms. The number of carbonyl (C=O) groups is 1. The number of benzene rings is 1. The highest BCUT2D eigenvalue weighted by molar-refractivity contribution is 5.92. The molecule has 4 rings (SSSR count). The van der Waals surface area contributed by atoms with Gasteiger partial charge in [0.1, 0.15) is 18.5 Å². The molecule has 158 valence electrons. The van der Waals surface area contributed by atoms with Crippen LogP contribution in [0.3, 0.4) is 0 Å². The van der Waals surface area contributed by atoms with Crippen molar-refractivity contribution in [2.24, 2.45) is 0 Å². The number of nitro groups is 1. The van der Waals surface area contributed by atoms with Gasteiger partial charge >= 0.3 is 11.7 Å². The maximum Gasteiger partial charge on any atom is 0.338 e. The van der Waals surface area contributed by atoms with Crippen LogP contribution in [-0.2, 0) is 9.53 Å². The summed E-state index contributed by atoms with van der Waals surface area (Å²) in [5, 5.41) is 18.9. The molecule has 0 radical (unpaired) electrons. The molecule has 1 fully saturated rings. The fourth-order valence-electron chi connectivity index (χ4n) is 4.08. The van der Waals surface area contributed by atoms with Gasteiger partial charge in [-0.25, -0.2) is 9.48 Å². The summed E-state index contributed by atoms with van der Waals surface area (Å²) in [6.07, 6.45) is 6.17. The molecule has 2 aromatic rings. The monoisotopic (exact) mass is 413 g/mol. The van der Waals surface area contributed by atoms with Crippen LogP contribution >= 0.6 is 0 Å². The van der Waals surface area contributed by atoms with E-state index in [-0.39, 0.29) is 17.5 Å². The highest BCUT2D eigenvalue weighted by Crippen LogP contribution is 2.39. The molecule has 2 aliphatic rings. The van der Waals surface area contributed by atoms with Gasteiger partial charge in [-0.3, -0.25) is 10.1 Å². The normalized spacial score (nSPS) is 19.1. The smallest absolute Gasteiger partial charge is 0.338 e. The van der Waals surface area contributed by atoms with Crippen LogP contribution in [0.1, 0.15) is 50.6 Å². The van der Waals surface area contributed by atoms with Crippen LogP contribution in [0.15, 0.2) is 35.8 Å². The van der Waals surface area contributed by atoms with Gasteiger partial charge in [-0.05, 0) is 44.2 Å². The molecule has 1 unspecified atom stereocenters. The topological polar surface area (TPSA) is 121 Å². The molecular weight excluding hydrogens is 390 g/mol. The maximum absolute atomic E-state index is 13.2. The number of nitrogens with zero attached hydrogens (tertiary/aromatic N) is 4. The molecule has 1 aromatic carbocycles. The first-order valence-electron chi connectivity index (χ1n) is 9.90. The van der Waals surface area contributed by atoms with Crippen LogP contribution < -0.4 is 10.1 Å². The van der Waals surface area contributed by atoms with Gasteiger partial charge in [-0.2, -0.15) is 10.1 Å². The second-order valence-corrected chi connectivity index (χ2v) is 7.45. The number of hydrogen-bond donors (Lipinski definition) is 1. The third kappa shape index (κ3) is 3.60. The third-order valence-corrected chi connectivity index (χ3v) is 5.56. The van der Waals surface area contributed by atoms with Crippen molar-refractivity contribution < 1.29 is 19.2 Å². The molecule has 1 aromatic heterocycles.